The summed E-state index contributed by atoms with van der Waals surface area (Å²) in [5.74, 6) is 0. The van der Waals surface area contributed by atoms with E-state index >= 15 is 0 Å². The lowest BCUT2D eigenvalue weighted by molar-refractivity contribution is 0.199. The molecule has 0 aliphatic rings. The van der Waals surface area contributed by atoms with Gasteiger partial charge in [0.25, 0.3) is 0 Å². The van der Waals surface area contributed by atoms with Gasteiger partial charge in [-0.1, -0.05) is 29.3 Å². The van der Waals surface area contributed by atoms with Crippen LogP contribution in [0.3, 0.4) is 0 Å². The lowest BCUT2D eigenvalue weighted by atomic mass is 10.1. The highest BCUT2D eigenvalue weighted by molar-refractivity contribution is 5.29. The van der Waals surface area contributed by atoms with Crippen molar-refractivity contribution in [2.24, 2.45) is 0 Å². The highest BCUT2D eigenvalue weighted by Crippen LogP contribution is 2.13. The van der Waals surface area contributed by atoms with E-state index in [2.05, 4.69) is 54.1 Å². The van der Waals surface area contributed by atoms with Crippen molar-refractivity contribution in [1.29, 1.82) is 0 Å². The molecule has 0 saturated heterocycles. The van der Waals surface area contributed by atoms with Crippen LogP contribution in [0, 0.1) is 20.8 Å². The number of nitrogens with zero attached hydrogens (tertiary/aromatic N) is 2. The average molecular weight is 287 g/mol. The summed E-state index contributed by atoms with van der Waals surface area (Å²) in [6, 6.07) is 6.65. The van der Waals surface area contributed by atoms with Crippen molar-refractivity contribution in [3.05, 3.63) is 52.3 Å². The Bertz CT molecular complexity index is 569. The molecular formula is C17H25N3O. The first-order chi connectivity index (χ1) is 10.1. The summed E-state index contributed by atoms with van der Waals surface area (Å²) in [5, 5.41) is 7.88. The smallest absolute Gasteiger partial charge is 0.0662 e. The van der Waals surface area contributed by atoms with Gasteiger partial charge in [0.15, 0.2) is 0 Å². The normalized spacial score (nSPS) is 11.0. The molecule has 1 heterocycles. The molecule has 0 bridgehead atoms. The number of aromatic nitrogens is 2. The van der Waals surface area contributed by atoms with Crippen LogP contribution in [0.2, 0.25) is 0 Å². The quantitative estimate of drug-likeness (QED) is 0.796. The molecule has 4 nitrogen and oxygen atoms in total. The topological polar surface area (TPSA) is 39.1 Å². The maximum atomic E-state index is 5.03. The molecule has 0 aliphatic carbocycles. The van der Waals surface area contributed by atoms with Crippen LogP contribution in [0.1, 0.15) is 27.9 Å². The first kappa shape index (κ1) is 15.7. The molecule has 0 amide bonds. The first-order valence-corrected chi connectivity index (χ1v) is 7.38. The van der Waals surface area contributed by atoms with Gasteiger partial charge in [0.05, 0.1) is 19.3 Å². The van der Waals surface area contributed by atoms with Gasteiger partial charge in [-0.15, -0.1) is 0 Å². The van der Waals surface area contributed by atoms with E-state index in [0.717, 1.165) is 26.2 Å². The van der Waals surface area contributed by atoms with E-state index in [1.54, 1.807) is 7.11 Å². The molecule has 114 valence electrons. The molecule has 2 rings (SSSR count). The van der Waals surface area contributed by atoms with Gasteiger partial charge in [-0.2, -0.15) is 5.10 Å². The van der Waals surface area contributed by atoms with Crippen LogP contribution in [0.4, 0.5) is 0 Å². The standard InChI is InChI=1S/C17H25N3O/c1-13-7-14(2)9-16(8-13)12-20-15(3)17(11-19-20)10-18-5-6-21-4/h7-9,11,18H,5-6,10,12H2,1-4H3. The molecule has 2 aromatic rings. The van der Waals surface area contributed by atoms with E-state index in [0.29, 0.717) is 0 Å². The summed E-state index contributed by atoms with van der Waals surface area (Å²) < 4.78 is 7.10. The Morgan fingerprint density at radius 1 is 1.14 bits per heavy atom. The summed E-state index contributed by atoms with van der Waals surface area (Å²) >= 11 is 0. The van der Waals surface area contributed by atoms with Gasteiger partial charge in [0, 0.05) is 31.5 Å². The van der Waals surface area contributed by atoms with Crippen LogP contribution < -0.4 is 5.32 Å². The summed E-state index contributed by atoms with van der Waals surface area (Å²) in [6.45, 7) is 9.65. The molecule has 0 spiro atoms. The molecule has 0 atom stereocenters. The van der Waals surface area contributed by atoms with Crippen LogP contribution in [0.5, 0.6) is 0 Å². The van der Waals surface area contributed by atoms with Crippen molar-refractivity contribution in [3.63, 3.8) is 0 Å². The van der Waals surface area contributed by atoms with Crippen LogP contribution >= 0.6 is 0 Å². The van der Waals surface area contributed by atoms with Crippen LogP contribution in [-0.4, -0.2) is 30.0 Å². The number of hydrogen-bond donors (Lipinski definition) is 1. The third kappa shape index (κ3) is 4.41. The molecule has 0 fully saturated rings. The van der Waals surface area contributed by atoms with E-state index in [1.165, 1.54) is 27.9 Å². The number of ether oxygens (including phenoxy) is 1. The molecule has 0 unspecified atom stereocenters. The minimum absolute atomic E-state index is 0.732. The first-order valence-electron chi connectivity index (χ1n) is 7.38. The minimum atomic E-state index is 0.732. The molecule has 0 saturated carbocycles. The van der Waals surface area contributed by atoms with Crippen molar-refractivity contribution in [1.82, 2.24) is 15.1 Å². The molecule has 1 N–H and O–H groups in total. The zero-order valence-electron chi connectivity index (χ0n) is 13.4. The third-order valence-corrected chi connectivity index (χ3v) is 3.62. The Hall–Kier alpha value is -1.65. The van der Waals surface area contributed by atoms with E-state index in [1.807, 2.05) is 6.20 Å². The van der Waals surface area contributed by atoms with Gasteiger partial charge in [-0.05, 0) is 26.3 Å². The zero-order chi connectivity index (χ0) is 15.2. The van der Waals surface area contributed by atoms with Gasteiger partial charge in [0.2, 0.25) is 0 Å². The fraction of sp³-hybridized carbons (Fsp3) is 0.471. The number of methoxy groups -OCH3 is 1. The predicted molar refractivity (Wildman–Crippen MR) is 85.6 cm³/mol. The van der Waals surface area contributed by atoms with E-state index in [9.17, 15) is 0 Å². The molecular weight excluding hydrogens is 262 g/mol. The summed E-state index contributed by atoms with van der Waals surface area (Å²) in [4.78, 5) is 0. The van der Waals surface area contributed by atoms with Gasteiger partial charge in [-0.25, -0.2) is 0 Å². The number of rotatable bonds is 7. The van der Waals surface area contributed by atoms with E-state index < -0.39 is 0 Å². The summed E-state index contributed by atoms with van der Waals surface area (Å²) in [6.07, 6.45) is 1.96. The second-order valence-electron chi connectivity index (χ2n) is 5.58. The molecule has 1 aromatic heterocycles. The van der Waals surface area contributed by atoms with Crippen molar-refractivity contribution in [2.45, 2.75) is 33.9 Å². The Morgan fingerprint density at radius 3 is 2.52 bits per heavy atom. The summed E-state index contributed by atoms with van der Waals surface area (Å²) in [7, 11) is 1.72. The molecule has 1 aromatic carbocycles. The van der Waals surface area contributed by atoms with Crippen LogP contribution in [0.15, 0.2) is 24.4 Å². The van der Waals surface area contributed by atoms with Crippen LogP contribution in [0.25, 0.3) is 0 Å². The Kier molecular flexibility index (Phi) is 5.53. The fourth-order valence-electron chi connectivity index (χ4n) is 2.55. The van der Waals surface area contributed by atoms with Crippen molar-refractivity contribution >= 4 is 0 Å². The number of nitrogens with one attached hydrogen (secondary N) is 1. The SMILES string of the molecule is COCCNCc1cnn(Cc2cc(C)cc(C)c2)c1C. The van der Waals surface area contributed by atoms with Gasteiger partial charge >= 0.3 is 0 Å². The lowest BCUT2D eigenvalue weighted by Gasteiger charge is -2.08. The monoisotopic (exact) mass is 287 g/mol. The second kappa shape index (κ2) is 7.38. The van der Waals surface area contributed by atoms with E-state index in [-0.39, 0.29) is 0 Å². The summed E-state index contributed by atoms with van der Waals surface area (Å²) in [5.41, 5.74) is 6.37. The largest absolute Gasteiger partial charge is 0.383 e. The average Bonchev–Trinajstić information content (AvgIpc) is 2.75. The van der Waals surface area contributed by atoms with Crippen molar-refractivity contribution in [2.75, 3.05) is 20.3 Å². The maximum absolute atomic E-state index is 5.03. The molecule has 0 aliphatic heterocycles. The minimum Gasteiger partial charge on any atom is -0.383 e. The third-order valence-electron chi connectivity index (χ3n) is 3.62. The molecule has 21 heavy (non-hydrogen) atoms. The number of aryl methyl sites for hydroxylation is 2. The van der Waals surface area contributed by atoms with E-state index in [4.69, 9.17) is 4.74 Å². The molecule has 4 heteroatoms. The Labute approximate surface area is 127 Å². The van der Waals surface area contributed by atoms with Crippen molar-refractivity contribution < 1.29 is 4.74 Å². The highest BCUT2D eigenvalue weighted by Gasteiger charge is 2.07. The maximum Gasteiger partial charge on any atom is 0.0662 e. The molecule has 0 radical (unpaired) electrons. The van der Waals surface area contributed by atoms with Gasteiger partial charge in [0.1, 0.15) is 0 Å². The Balaban J connectivity index is 2.02. The van der Waals surface area contributed by atoms with Gasteiger partial charge < -0.3 is 10.1 Å². The predicted octanol–water partition coefficient (Wildman–Crippen LogP) is 2.59. The second-order valence-corrected chi connectivity index (χ2v) is 5.58. The fourth-order valence-corrected chi connectivity index (χ4v) is 2.55. The Morgan fingerprint density at radius 2 is 1.86 bits per heavy atom. The van der Waals surface area contributed by atoms with Crippen molar-refractivity contribution in [3.8, 4) is 0 Å². The highest BCUT2D eigenvalue weighted by atomic mass is 16.5. The lowest BCUT2D eigenvalue weighted by Crippen LogP contribution is -2.18. The number of benzene rings is 1. The van der Waals surface area contributed by atoms with Gasteiger partial charge in [-0.3, -0.25) is 4.68 Å². The number of hydrogen-bond acceptors (Lipinski definition) is 3. The zero-order valence-corrected chi connectivity index (χ0v) is 13.4. The van der Waals surface area contributed by atoms with Crippen LogP contribution in [-0.2, 0) is 17.8 Å².